The van der Waals surface area contributed by atoms with Crippen molar-refractivity contribution in [1.82, 2.24) is 14.5 Å². The fourth-order valence-electron chi connectivity index (χ4n) is 9.33. The van der Waals surface area contributed by atoms with Crippen LogP contribution in [0.25, 0.3) is 50.5 Å². The molecule has 0 unspecified atom stereocenters. The number of aromatic nitrogens is 3. The molecule has 2 aliphatic rings. The first kappa shape index (κ1) is 39.6. The Morgan fingerprint density at radius 1 is 0.629 bits per heavy atom. The molecule has 0 atom stereocenters. The summed E-state index contributed by atoms with van der Waals surface area (Å²) in [5.41, 5.74) is 16.9. The van der Waals surface area contributed by atoms with Gasteiger partial charge in [-0.15, -0.1) is 47.5 Å². The summed E-state index contributed by atoms with van der Waals surface area (Å²) in [5, 5.41) is 0. The van der Waals surface area contributed by atoms with Crippen LogP contribution in [0.15, 0.2) is 158 Å². The van der Waals surface area contributed by atoms with E-state index in [-0.39, 0.29) is 39.6 Å². The van der Waals surface area contributed by atoms with E-state index in [0.717, 1.165) is 62.7 Å². The molecule has 5 nitrogen and oxygen atoms in total. The van der Waals surface area contributed by atoms with Crippen LogP contribution in [0.5, 0.6) is 23.0 Å². The number of rotatable bonds is 8. The Morgan fingerprint density at radius 2 is 1.31 bits per heavy atom. The van der Waals surface area contributed by atoms with Gasteiger partial charge in [-0.25, -0.2) is 0 Å². The van der Waals surface area contributed by atoms with Crippen molar-refractivity contribution in [3.63, 3.8) is 0 Å². The fourth-order valence-corrected chi connectivity index (χ4v) is 9.33. The third kappa shape index (κ3) is 6.87. The Hall–Kier alpha value is -6.49. The maximum absolute atomic E-state index is 6.84. The van der Waals surface area contributed by atoms with Crippen molar-refractivity contribution in [3.05, 3.63) is 192 Å². The number of hydrogen-bond donors (Lipinski definition) is 0. The maximum Gasteiger partial charge on any atom is 2.00 e. The minimum atomic E-state index is 0. The quantitative estimate of drug-likeness (QED) is 0.112. The topological polar surface area (TPSA) is 49.2 Å². The van der Waals surface area contributed by atoms with Crippen LogP contribution in [0.3, 0.4) is 0 Å². The molecule has 0 spiro atoms. The maximum atomic E-state index is 6.84. The SMILES string of the molecule is CC(C)c1cc(-c2ccccc2)cc(C(C)C)c1-n1c(-c2[c-]c(Oc3[c-]c(-c4ccccn4)ccc3)ccc2)nc2cc3c(cc21)B1c2ccccc2Cc2cccc(c21)O3.[Pt+2]. The summed E-state index contributed by atoms with van der Waals surface area (Å²) in [6.07, 6.45) is 2.68. The molecule has 0 N–H and O–H groups in total. The van der Waals surface area contributed by atoms with Gasteiger partial charge >= 0.3 is 21.1 Å². The summed E-state index contributed by atoms with van der Waals surface area (Å²) in [6.45, 7) is 9.20. The second-order valence-electron chi connectivity index (χ2n) is 16.7. The molecule has 7 heteroatoms. The summed E-state index contributed by atoms with van der Waals surface area (Å²) >= 11 is 0. The molecule has 7 aromatic carbocycles. The zero-order valence-electron chi connectivity index (χ0n) is 34.9. The van der Waals surface area contributed by atoms with Crippen LogP contribution in [-0.2, 0) is 27.5 Å². The summed E-state index contributed by atoms with van der Waals surface area (Å²) in [6, 6.07) is 60.2. The van der Waals surface area contributed by atoms with Gasteiger partial charge in [0.2, 0.25) is 0 Å². The van der Waals surface area contributed by atoms with E-state index < -0.39 is 0 Å². The van der Waals surface area contributed by atoms with Crippen LogP contribution in [0.4, 0.5) is 0 Å². The number of pyridine rings is 1. The van der Waals surface area contributed by atoms with Crippen LogP contribution in [-0.4, -0.2) is 21.2 Å². The number of fused-ring (bicyclic) bond motifs is 5. The van der Waals surface area contributed by atoms with Gasteiger partial charge in [-0.1, -0.05) is 124 Å². The van der Waals surface area contributed by atoms with E-state index in [4.69, 9.17) is 14.5 Å². The molecule has 2 aliphatic heterocycles. The normalized spacial score (nSPS) is 12.4. The second kappa shape index (κ2) is 16.1. The molecule has 62 heavy (non-hydrogen) atoms. The van der Waals surface area contributed by atoms with Crippen molar-refractivity contribution in [2.75, 3.05) is 0 Å². The van der Waals surface area contributed by atoms with Crippen molar-refractivity contribution in [2.45, 2.75) is 46.0 Å². The molecule has 0 saturated heterocycles. The zero-order chi connectivity index (χ0) is 41.2. The smallest absolute Gasteiger partial charge is 0.497 e. The summed E-state index contributed by atoms with van der Waals surface area (Å²) in [5.74, 6) is 4.13. The molecule has 9 aromatic rings. The van der Waals surface area contributed by atoms with Crippen LogP contribution in [0, 0.1) is 12.1 Å². The number of benzene rings is 7. The number of nitrogens with zero attached hydrogens (tertiary/aromatic N) is 3. The van der Waals surface area contributed by atoms with Crippen LogP contribution in [0.2, 0.25) is 0 Å². The van der Waals surface area contributed by atoms with E-state index in [0.29, 0.717) is 11.5 Å². The Morgan fingerprint density at radius 3 is 2.05 bits per heavy atom. The Kier molecular flexibility index (Phi) is 10.3. The third-order valence-corrected chi connectivity index (χ3v) is 12.2. The Bertz CT molecular complexity index is 3110. The minimum absolute atomic E-state index is 0. The molecule has 0 bridgehead atoms. The van der Waals surface area contributed by atoms with E-state index in [1.807, 2.05) is 48.5 Å². The van der Waals surface area contributed by atoms with E-state index in [1.54, 1.807) is 6.20 Å². The average molecular weight is 983 g/mol. The van der Waals surface area contributed by atoms with E-state index in [2.05, 4.69) is 153 Å². The molecule has 2 aromatic heterocycles. The first-order valence-corrected chi connectivity index (χ1v) is 21.2. The molecule has 4 heterocycles. The standard InChI is InChI=1S/C55H42BN3O2.Pt/c1-34(2)44-30-41(36-15-6-5-7-16-36)31-45(35(3)4)54(44)59-50-32-47-52(61-51-25-14-19-39-27-37-17-8-9-23-46(37)56(47)53(39)51)33-49(50)58-55(59)40-20-13-22-43(29-40)60-42-21-12-18-38(28-42)48-24-10-11-26-57-48;/h5-26,30-35H,27H2,1-4H3;/q-2;+2. The molecule has 0 amide bonds. The second-order valence-corrected chi connectivity index (χ2v) is 16.7. The average Bonchev–Trinajstić information content (AvgIpc) is 3.66. The Labute approximate surface area is 377 Å². The third-order valence-electron chi connectivity index (χ3n) is 12.2. The molecule has 0 fully saturated rings. The number of imidazole rings is 1. The Balaban J connectivity index is 0.00000458. The van der Waals surface area contributed by atoms with Gasteiger partial charge in [-0.05, 0) is 98.6 Å². The summed E-state index contributed by atoms with van der Waals surface area (Å²) in [7, 11) is 0. The molecule has 11 rings (SSSR count). The van der Waals surface area contributed by atoms with Gasteiger partial charge in [0.15, 0.2) is 0 Å². The molecule has 302 valence electrons. The van der Waals surface area contributed by atoms with Gasteiger partial charge in [0.1, 0.15) is 11.5 Å². The van der Waals surface area contributed by atoms with Crippen molar-refractivity contribution >= 4 is 34.1 Å². The predicted octanol–water partition coefficient (Wildman–Crippen LogP) is 11.6. The zero-order valence-corrected chi connectivity index (χ0v) is 37.2. The van der Waals surface area contributed by atoms with E-state index in [1.165, 1.54) is 44.3 Å². The first-order chi connectivity index (χ1) is 29.9. The molecular weight excluding hydrogens is 941 g/mol. The van der Waals surface area contributed by atoms with E-state index in [9.17, 15) is 0 Å². The number of hydrogen-bond acceptors (Lipinski definition) is 4. The van der Waals surface area contributed by atoms with Gasteiger partial charge < -0.3 is 19.0 Å². The monoisotopic (exact) mass is 982 g/mol. The van der Waals surface area contributed by atoms with Gasteiger partial charge in [0.25, 0.3) is 6.71 Å². The summed E-state index contributed by atoms with van der Waals surface area (Å²) < 4.78 is 15.7. The summed E-state index contributed by atoms with van der Waals surface area (Å²) in [4.78, 5) is 10.0. The van der Waals surface area contributed by atoms with Crippen molar-refractivity contribution in [1.29, 1.82) is 0 Å². The largest absolute Gasteiger partial charge is 2.00 e. The van der Waals surface area contributed by atoms with Crippen molar-refractivity contribution in [3.8, 4) is 62.5 Å². The molecule has 0 radical (unpaired) electrons. The van der Waals surface area contributed by atoms with Crippen molar-refractivity contribution < 1.29 is 30.5 Å². The fraction of sp³-hybridized carbons (Fsp3) is 0.127. The van der Waals surface area contributed by atoms with Gasteiger partial charge in [0.05, 0.1) is 16.9 Å². The van der Waals surface area contributed by atoms with E-state index >= 15 is 0 Å². The minimum Gasteiger partial charge on any atom is -0.497 e. The van der Waals surface area contributed by atoms with Crippen molar-refractivity contribution in [2.24, 2.45) is 0 Å². The van der Waals surface area contributed by atoms with Gasteiger partial charge in [-0.3, -0.25) is 4.98 Å². The molecule has 0 aliphatic carbocycles. The van der Waals surface area contributed by atoms with Crippen LogP contribution in [0.1, 0.15) is 61.8 Å². The van der Waals surface area contributed by atoms with Crippen LogP contribution < -0.4 is 25.9 Å². The van der Waals surface area contributed by atoms with Gasteiger partial charge in [-0.2, -0.15) is 0 Å². The number of ether oxygens (including phenoxy) is 2. The first-order valence-electron chi connectivity index (χ1n) is 21.2. The molecule has 0 saturated carbocycles. The predicted molar refractivity (Wildman–Crippen MR) is 248 cm³/mol. The van der Waals surface area contributed by atoms with Crippen LogP contribution >= 0.6 is 0 Å². The van der Waals surface area contributed by atoms with Gasteiger partial charge in [0, 0.05) is 29.4 Å². The molecular formula is C55H42BN3O2Pt.